The third-order valence-corrected chi connectivity index (χ3v) is 25.0. The van der Waals surface area contributed by atoms with Gasteiger partial charge < -0.3 is 8.23 Å². The summed E-state index contributed by atoms with van der Waals surface area (Å²) in [5.74, 6) is 0. The molecule has 0 radical (unpaired) electrons. The minimum absolute atomic E-state index is 1.45. The van der Waals surface area contributed by atoms with Gasteiger partial charge in [0, 0.05) is 0 Å². The molecule has 6 heteroatoms. The van der Waals surface area contributed by atoms with E-state index in [0.29, 0.717) is 0 Å². The molecule has 0 saturated heterocycles. The minimum Gasteiger partial charge on any atom is -0.456 e. The van der Waals surface area contributed by atoms with Crippen molar-refractivity contribution in [3.8, 4) is 0 Å². The molecule has 0 aliphatic heterocycles. The molecule has 0 fully saturated rings. The molecular formula is C10H30O2Si4. The fraction of sp³-hybridized carbons (Fsp3) is 1.00. The van der Waals surface area contributed by atoms with Gasteiger partial charge in [0.2, 0.25) is 0 Å². The Kier molecular flexibility index (Phi) is 5.05. The predicted molar refractivity (Wildman–Crippen MR) is 83.8 cm³/mol. The van der Waals surface area contributed by atoms with Crippen LogP contribution >= 0.6 is 0 Å². The summed E-state index contributed by atoms with van der Waals surface area (Å²) in [5.41, 5.74) is 0. The van der Waals surface area contributed by atoms with E-state index in [0.717, 1.165) is 0 Å². The van der Waals surface area contributed by atoms with E-state index in [1.54, 1.807) is 0 Å². The van der Waals surface area contributed by atoms with Gasteiger partial charge in [-0.2, -0.15) is 0 Å². The lowest BCUT2D eigenvalue weighted by Crippen LogP contribution is -2.65. The molecule has 0 N–H and O–H groups in total. The highest BCUT2D eigenvalue weighted by Crippen LogP contribution is 2.28. The Morgan fingerprint density at radius 1 is 0.438 bits per heavy atom. The van der Waals surface area contributed by atoms with Crippen molar-refractivity contribution in [3.05, 3.63) is 0 Å². The molecule has 0 aliphatic rings. The van der Waals surface area contributed by atoms with Crippen LogP contribution in [0, 0.1) is 0 Å². The van der Waals surface area contributed by atoms with Crippen LogP contribution in [-0.2, 0) is 8.23 Å². The third kappa shape index (κ3) is 5.92. The fourth-order valence-corrected chi connectivity index (χ4v) is 25.9. The molecule has 0 bridgehead atoms. The molecule has 0 saturated carbocycles. The van der Waals surface area contributed by atoms with E-state index in [4.69, 9.17) is 8.23 Å². The average Bonchev–Trinajstić information content (AvgIpc) is 1.72. The summed E-state index contributed by atoms with van der Waals surface area (Å²) in [5, 5.41) is 0. The maximum absolute atomic E-state index is 6.47. The molecule has 0 rings (SSSR count). The molecule has 0 unspecified atom stereocenters. The van der Waals surface area contributed by atoms with Gasteiger partial charge in [0.25, 0.3) is 0 Å². The van der Waals surface area contributed by atoms with Crippen LogP contribution in [0.15, 0.2) is 0 Å². The summed E-state index contributed by atoms with van der Waals surface area (Å²) in [4.78, 5) is 0. The van der Waals surface area contributed by atoms with Gasteiger partial charge >= 0.3 is 0 Å². The first-order valence-corrected chi connectivity index (χ1v) is 19.7. The quantitative estimate of drug-likeness (QED) is 0.708. The maximum Gasteiger partial charge on any atom is 0.191 e. The van der Waals surface area contributed by atoms with Gasteiger partial charge in [-0.25, -0.2) is 0 Å². The standard InChI is InChI=1S/C10H30O2Si4/c1-13(2,3)11-15(7,8)16(9,10)12-14(4,5)6/h1-10H3. The summed E-state index contributed by atoms with van der Waals surface area (Å²) < 4.78 is 12.9. The highest BCUT2D eigenvalue weighted by atomic mass is 29.3. The Morgan fingerprint density at radius 2 is 0.625 bits per heavy atom. The number of hydrogen-bond acceptors (Lipinski definition) is 2. The molecular weight excluding hydrogens is 264 g/mol. The molecule has 0 aromatic carbocycles. The number of hydrogen-bond donors (Lipinski definition) is 0. The summed E-state index contributed by atoms with van der Waals surface area (Å²) >= 11 is 0. The normalized spacial score (nSPS) is 15.4. The summed E-state index contributed by atoms with van der Waals surface area (Å²) in [6, 6.07) is 0. The van der Waals surface area contributed by atoms with Gasteiger partial charge in [0.1, 0.15) is 0 Å². The molecule has 0 amide bonds. The molecule has 2 nitrogen and oxygen atoms in total. The second-order valence-electron chi connectivity index (χ2n) is 7.45. The van der Waals surface area contributed by atoms with Crippen molar-refractivity contribution < 1.29 is 8.23 Å². The Hall–Kier alpha value is 0.788. The zero-order valence-corrected chi connectivity index (χ0v) is 16.8. The van der Waals surface area contributed by atoms with Gasteiger partial charge in [0.15, 0.2) is 32.3 Å². The molecule has 0 heterocycles. The average molecular weight is 295 g/mol. The Bertz CT molecular complexity index is 212. The molecule has 16 heavy (non-hydrogen) atoms. The van der Waals surface area contributed by atoms with Crippen LogP contribution in [-0.4, -0.2) is 32.3 Å². The zero-order chi connectivity index (χ0) is 13.4. The van der Waals surface area contributed by atoms with Crippen molar-refractivity contribution in [1.82, 2.24) is 0 Å². The van der Waals surface area contributed by atoms with Crippen molar-refractivity contribution in [2.24, 2.45) is 0 Å². The Morgan fingerprint density at radius 3 is 0.750 bits per heavy atom. The lowest BCUT2D eigenvalue weighted by Gasteiger charge is -2.44. The summed E-state index contributed by atoms with van der Waals surface area (Å²) in [6.07, 6.45) is 0. The molecule has 0 aromatic heterocycles. The van der Waals surface area contributed by atoms with Gasteiger partial charge in [-0.3, -0.25) is 0 Å². The highest BCUT2D eigenvalue weighted by molar-refractivity contribution is 7.37. The van der Waals surface area contributed by atoms with E-state index in [9.17, 15) is 0 Å². The van der Waals surface area contributed by atoms with E-state index in [-0.39, 0.29) is 0 Å². The van der Waals surface area contributed by atoms with Gasteiger partial charge in [0.05, 0.1) is 0 Å². The molecule has 0 aliphatic carbocycles. The lowest BCUT2D eigenvalue weighted by molar-refractivity contribution is 0.523. The van der Waals surface area contributed by atoms with Crippen molar-refractivity contribution in [2.75, 3.05) is 0 Å². The molecule has 0 aromatic rings. The summed E-state index contributed by atoms with van der Waals surface area (Å²) in [6.45, 7) is 23.1. The molecule has 0 atom stereocenters. The number of rotatable bonds is 5. The first-order valence-electron chi connectivity index (χ1n) is 6.07. The smallest absolute Gasteiger partial charge is 0.191 e. The zero-order valence-electron chi connectivity index (χ0n) is 12.8. The first-order chi connectivity index (χ1) is 6.66. The van der Waals surface area contributed by atoms with Crippen molar-refractivity contribution in [1.29, 1.82) is 0 Å². The van der Waals surface area contributed by atoms with Crippen LogP contribution in [0.25, 0.3) is 0 Å². The van der Waals surface area contributed by atoms with E-state index >= 15 is 0 Å². The second-order valence-corrected chi connectivity index (χ2v) is 30.8. The fourth-order valence-electron chi connectivity index (χ4n) is 1.78. The van der Waals surface area contributed by atoms with E-state index in [1.807, 2.05) is 0 Å². The Balaban J connectivity index is 4.85. The van der Waals surface area contributed by atoms with Crippen molar-refractivity contribution >= 4 is 32.3 Å². The van der Waals surface area contributed by atoms with Crippen LogP contribution in [0.5, 0.6) is 0 Å². The largest absolute Gasteiger partial charge is 0.456 e. The van der Waals surface area contributed by atoms with Crippen LogP contribution in [0.4, 0.5) is 0 Å². The van der Waals surface area contributed by atoms with Crippen molar-refractivity contribution in [2.45, 2.75) is 65.5 Å². The Labute approximate surface area is 106 Å². The SMILES string of the molecule is C[Si](C)(C)O[Si](C)(C)[Si](C)(C)O[Si](C)(C)C. The monoisotopic (exact) mass is 294 g/mol. The summed E-state index contributed by atoms with van der Waals surface area (Å²) in [7, 11) is -6.22. The topological polar surface area (TPSA) is 18.5 Å². The van der Waals surface area contributed by atoms with Crippen LogP contribution < -0.4 is 0 Å². The molecule has 0 spiro atoms. The van der Waals surface area contributed by atoms with Crippen molar-refractivity contribution in [3.63, 3.8) is 0 Å². The van der Waals surface area contributed by atoms with Gasteiger partial charge in [-0.1, -0.05) is 0 Å². The highest BCUT2D eigenvalue weighted by Gasteiger charge is 2.48. The van der Waals surface area contributed by atoms with E-state index in [1.165, 1.54) is 0 Å². The molecule has 98 valence electrons. The van der Waals surface area contributed by atoms with E-state index in [2.05, 4.69) is 65.5 Å². The van der Waals surface area contributed by atoms with E-state index < -0.39 is 32.3 Å². The third-order valence-electron chi connectivity index (χ3n) is 2.57. The predicted octanol–water partition coefficient (Wildman–Crippen LogP) is 4.18. The van der Waals surface area contributed by atoms with Crippen LogP contribution in [0.1, 0.15) is 0 Å². The van der Waals surface area contributed by atoms with Gasteiger partial charge in [-0.15, -0.1) is 0 Å². The van der Waals surface area contributed by atoms with Crippen LogP contribution in [0.2, 0.25) is 65.5 Å². The maximum atomic E-state index is 6.47. The van der Waals surface area contributed by atoms with Crippen LogP contribution in [0.3, 0.4) is 0 Å². The second kappa shape index (κ2) is 4.81. The first kappa shape index (κ1) is 16.8. The lowest BCUT2D eigenvalue weighted by atomic mass is 11.8. The minimum atomic E-state index is -1.66. The van der Waals surface area contributed by atoms with Gasteiger partial charge in [-0.05, 0) is 65.5 Å².